The quantitative estimate of drug-likeness (QED) is 0.198. The van der Waals surface area contributed by atoms with Gasteiger partial charge in [-0.1, -0.05) is 121 Å². The molecule has 0 saturated heterocycles. The zero-order valence-corrected chi connectivity index (χ0v) is 25.0. The molecule has 0 bridgehead atoms. The second kappa shape index (κ2) is 10.1. The molecule has 0 saturated carbocycles. The van der Waals surface area contributed by atoms with Gasteiger partial charge >= 0.3 is 0 Å². The van der Waals surface area contributed by atoms with Crippen molar-refractivity contribution >= 4 is 43.6 Å². The third-order valence-corrected chi connectivity index (χ3v) is 9.19. The molecule has 2 heteroatoms. The van der Waals surface area contributed by atoms with Crippen LogP contribution in [0.1, 0.15) is 5.56 Å². The van der Waals surface area contributed by atoms with Gasteiger partial charge in [-0.05, 0) is 77.7 Å². The molecule has 9 rings (SSSR count). The Morgan fingerprint density at radius 2 is 0.822 bits per heavy atom. The average Bonchev–Trinajstić information content (AvgIpc) is 3.62. The van der Waals surface area contributed by atoms with Crippen molar-refractivity contribution in [3.8, 4) is 33.6 Å². The van der Waals surface area contributed by atoms with Gasteiger partial charge in [0.25, 0.3) is 0 Å². The number of aromatic nitrogens is 2. The highest BCUT2D eigenvalue weighted by molar-refractivity contribution is 6.28. The summed E-state index contributed by atoms with van der Waals surface area (Å²) < 4.78 is 4.85. The number of hydrogen-bond acceptors (Lipinski definition) is 0. The van der Waals surface area contributed by atoms with Crippen molar-refractivity contribution in [1.82, 2.24) is 9.13 Å². The van der Waals surface area contributed by atoms with Gasteiger partial charge in [0.15, 0.2) is 0 Å². The van der Waals surface area contributed by atoms with Crippen LogP contribution in [0.5, 0.6) is 0 Å². The summed E-state index contributed by atoms with van der Waals surface area (Å²) in [4.78, 5) is 0. The summed E-state index contributed by atoms with van der Waals surface area (Å²) >= 11 is 0. The van der Waals surface area contributed by atoms with Gasteiger partial charge in [-0.15, -0.1) is 0 Å². The van der Waals surface area contributed by atoms with Gasteiger partial charge in [0.1, 0.15) is 0 Å². The number of fused-ring (bicyclic) bond motifs is 7. The standard InChI is InChI=1S/C43H30N2/c1-29-18-24-34(25-19-29)44-38-16-7-5-14-36(38)42-40(44)26-27-41-43(42)37-15-6-8-17-39(37)45(41)35-13-9-12-33(28-35)32-22-20-31(21-23-32)30-10-3-2-4-11-30/h2-28H,1H3. The Kier molecular flexibility index (Phi) is 5.76. The zero-order chi connectivity index (χ0) is 29.9. The van der Waals surface area contributed by atoms with Crippen molar-refractivity contribution in [1.29, 1.82) is 0 Å². The Labute approximate surface area is 262 Å². The van der Waals surface area contributed by atoms with E-state index in [1.807, 2.05) is 0 Å². The highest BCUT2D eigenvalue weighted by Gasteiger charge is 2.20. The third kappa shape index (κ3) is 4.03. The van der Waals surface area contributed by atoms with Gasteiger partial charge in [0.2, 0.25) is 0 Å². The number of nitrogens with zero attached hydrogens (tertiary/aromatic N) is 2. The number of hydrogen-bond donors (Lipinski definition) is 0. The molecular formula is C43H30N2. The predicted octanol–water partition coefficient (Wildman–Crippen LogP) is 11.5. The topological polar surface area (TPSA) is 9.86 Å². The molecule has 0 aliphatic rings. The summed E-state index contributed by atoms with van der Waals surface area (Å²) in [6.07, 6.45) is 0. The molecule has 0 aliphatic carbocycles. The minimum absolute atomic E-state index is 1.16. The minimum atomic E-state index is 1.16. The van der Waals surface area contributed by atoms with E-state index in [1.54, 1.807) is 0 Å². The molecule has 0 aliphatic heterocycles. The van der Waals surface area contributed by atoms with E-state index in [4.69, 9.17) is 0 Å². The SMILES string of the molecule is Cc1ccc(-n2c3ccccc3c3c4c5ccccc5n(-c5cccc(-c6ccc(-c7ccccc7)cc6)c5)c4ccc32)cc1. The Hall–Kier alpha value is -5.86. The average molecular weight is 575 g/mol. The lowest BCUT2D eigenvalue weighted by Crippen LogP contribution is -1.95. The van der Waals surface area contributed by atoms with Gasteiger partial charge in [-0.2, -0.15) is 0 Å². The first-order valence-corrected chi connectivity index (χ1v) is 15.5. The maximum absolute atomic E-state index is 2.43. The van der Waals surface area contributed by atoms with E-state index in [-0.39, 0.29) is 0 Å². The van der Waals surface area contributed by atoms with Gasteiger partial charge in [-0.3, -0.25) is 0 Å². The van der Waals surface area contributed by atoms with Crippen LogP contribution in [0.15, 0.2) is 164 Å². The third-order valence-electron chi connectivity index (χ3n) is 9.19. The lowest BCUT2D eigenvalue weighted by atomic mass is 10.00. The lowest BCUT2D eigenvalue weighted by molar-refractivity contribution is 1.17. The Morgan fingerprint density at radius 3 is 1.44 bits per heavy atom. The largest absolute Gasteiger partial charge is 0.309 e. The first-order valence-electron chi connectivity index (χ1n) is 15.5. The van der Waals surface area contributed by atoms with Gasteiger partial charge in [0.05, 0.1) is 22.1 Å². The Morgan fingerprint density at radius 1 is 0.333 bits per heavy atom. The normalized spacial score (nSPS) is 11.7. The van der Waals surface area contributed by atoms with E-state index < -0.39 is 0 Å². The number of rotatable bonds is 4. The van der Waals surface area contributed by atoms with Crippen LogP contribution >= 0.6 is 0 Å². The first-order chi connectivity index (χ1) is 22.2. The van der Waals surface area contributed by atoms with E-state index in [2.05, 4.69) is 180 Å². The smallest absolute Gasteiger partial charge is 0.0548 e. The molecule has 0 spiro atoms. The molecule has 0 radical (unpaired) electrons. The number of aryl methyl sites for hydroxylation is 1. The second-order valence-electron chi connectivity index (χ2n) is 11.9. The fourth-order valence-corrected chi connectivity index (χ4v) is 7.08. The number of para-hydroxylation sites is 2. The molecule has 7 aromatic carbocycles. The second-order valence-corrected chi connectivity index (χ2v) is 11.9. The molecule has 45 heavy (non-hydrogen) atoms. The maximum Gasteiger partial charge on any atom is 0.0548 e. The van der Waals surface area contributed by atoms with Crippen LogP contribution in [0, 0.1) is 6.92 Å². The van der Waals surface area contributed by atoms with Crippen molar-refractivity contribution in [2.75, 3.05) is 0 Å². The molecule has 2 nitrogen and oxygen atoms in total. The molecular weight excluding hydrogens is 544 g/mol. The van der Waals surface area contributed by atoms with Crippen LogP contribution in [0.4, 0.5) is 0 Å². The molecule has 2 heterocycles. The minimum Gasteiger partial charge on any atom is -0.309 e. The molecule has 0 unspecified atom stereocenters. The molecule has 0 fully saturated rings. The maximum atomic E-state index is 2.43. The van der Waals surface area contributed by atoms with Crippen LogP contribution in [-0.4, -0.2) is 9.13 Å². The summed E-state index contributed by atoms with van der Waals surface area (Å²) in [6.45, 7) is 2.14. The van der Waals surface area contributed by atoms with Crippen molar-refractivity contribution < 1.29 is 0 Å². The van der Waals surface area contributed by atoms with E-state index in [9.17, 15) is 0 Å². The highest BCUT2D eigenvalue weighted by Crippen LogP contribution is 2.42. The van der Waals surface area contributed by atoms with Crippen LogP contribution in [0.25, 0.3) is 77.2 Å². The van der Waals surface area contributed by atoms with Crippen molar-refractivity contribution in [3.05, 3.63) is 169 Å². The summed E-state index contributed by atoms with van der Waals surface area (Å²) in [5.74, 6) is 0. The molecule has 2 aromatic heterocycles. The van der Waals surface area contributed by atoms with Gasteiger partial charge < -0.3 is 9.13 Å². The van der Waals surface area contributed by atoms with E-state index in [1.165, 1.54) is 77.1 Å². The van der Waals surface area contributed by atoms with Crippen molar-refractivity contribution in [2.45, 2.75) is 6.92 Å². The molecule has 0 atom stereocenters. The van der Waals surface area contributed by atoms with Crippen LogP contribution in [0.2, 0.25) is 0 Å². The predicted molar refractivity (Wildman–Crippen MR) is 191 cm³/mol. The zero-order valence-electron chi connectivity index (χ0n) is 25.0. The monoisotopic (exact) mass is 574 g/mol. The first kappa shape index (κ1) is 25.6. The summed E-state index contributed by atoms with van der Waals surface area (Å²) in [5.41, 5.74) is 13.4. The fourth-order valence-electron chi connectivity index (χ4n) is 7.08. The van der Waals surface area contributed by atoms with Crippen LogP contribution in [0.3, 0.4) is 0 Å². The summed E-state index contributed by atoms with van der Waals surface area (Å²) in [7, 11) is 0. The molecule has 0 amide bonds. The van der Waals surface area contributed by atoms with Crippen molar-refractivity contribution in [3.63, 3.8) is 0 Å². The van der Waals surface area contributed by atoms with Crippen LogP contribution in [-0.2, 0) is 0 Å². The molecule has 212 valence electrons. The van der Waals surface area contributed by atoms with Crippen molar-refractivity contribution in [2.24, 2.45) is 0 Å². The van der Waals surface area contributed by atoms with Gasteiger partial charge in [0, 0.05) is 32.9 Å². The van der Waals surface area contributed by atoms with Gasteiger partial charge in [-0.25, -0.2) is 0 Å². The van der Waals surface area contributed by atoms with Crippen LogP contribution < -0.4 is 0 Å². The lowest BCUT2D eigenvalue weighted by Gasteiger charge is -2.11. The molecule has 0 N–H and O–H groups in total. The summed E-state index contributed by atoms with van der Waals surface area (Å²) in [5, 5.41) is 5.13. The van der Waals surface area contributed by atoms with E-state index in [0.29, 0.717) is 0 Å². The molecule has 9 aromatic rings. The Bertz CT molecular complexity index is 2510. The highest BCUT2D eigenvalue weighted by atomic mass is 15.0. The van der Waals surface area contributed by atoms with E-state index >= 15 is 0 Å². The number of benzene rings is 7. The Balaban J connectivity index is 1.27. The summed E-state index contributed by atoms with van der Waals surface area (Å²) in [6, 6.07) is 59.5. The fraction of sp³-hybridized carbons (Fsp3) is 0.0233. The van der Waals surface area contributed by atoms with E-state index in [0.717, 1.165) is 5.69 Å².